The van der Waals surface area contributed by atoms with E-state index >= 15 is 0 Å². The summed E-state index contributed by atoms with van der Waals surface area (Å²) in [5.74, 6) is 3.18. The molecule has 0 saturated heterocycles. The number of benzene rings is 2. The molecule has 0 radical (unpaired) electrons. The van der Waals surface area contributed by atoms with Crippen molar-refractivity contribution < 1.29 is 9.84 Å². The fourth-order valence-corrected chi connectivity index (χ4v) is 2.18. The maximum atomic E-state index is 9.53. The van der Waals surface area contributed by atoms with E-state index in [9.17, 15) is 5.11 Å². The number of hydrogen-bond donors (Lipinski definition) is 2. The Morgan fingerprint density at radius 1 is 1.14 bits per heavy atom. The lowest BCUT2D eigenvalue weighted by Gasteiger charge is -2.17. The Kier molecular flexibility index (Phi) is 6.29. The second kappa shape index (κ2) is 8.45. The van der Waals surface area contributed by atoms with Crippen LogP contribution >= 0.6 is 11.6 Å². The summed E-state index contributed by atoms with van der Waals surface area (Å²) in [6.07, 6.45) is 5.15. The smallest absolute Gasteiger partial charge is 0.148 e. The molecule has 0 aliphatic carbocycles. The zero-order valence-corrected chi connectivity index (χ0v) is 12.9. The first kappa shape index (κ1) is 16.4. The highest BCUT2D eigenvalue weighted by molar-refractivity contribution is 6.30. The van der Waals surface area contributed by atoms with E-state index in [2.05, 4.69) is 11.2 Å². The minimum atomic E-state index is -0.130. The molecule has 0 aromatic heterocycles. The van der Waals surface area contributed by atoms with Crippen molar-refractivity contribution in [3.05, 3.63) is 64.7 Å². The highest BCUT2D eigenvalue weighted by Crippen LogP contribution is 2.17. The van der Waals surface area contributed by atoms with Gasteiger partial charge in [0.25, 0.3) is 0 Å². The third kappa shape index (κ3) is 4.78. The molecular formula is C18H18ClNO2. The molecule has 0 aliphatic heterocycles. The van der Waals surface area contributed by atoms with Crippen molar-refractivity contribution in [1.82, 2.24) is 5.32 Å². The van der Waals surface area contributed by atoms with Gasteiger partial charge in [-0.2, -0.15) is 0 Å². The van der Waals surface area contributed by atoms with Crippen molar-refractivity contribution in [3.63, 3.8) is 0 Å². The summed E-state index contributed by atoms with van der Waals surface area (Å²) >= 11 is 5.88. The van der Waals surface area contributed by atoms with Crippen molar-refractivity contribution in [2.45, 2.75) is 12.6 Å². The minimum Gasteiger partial charge on any atom is -0.481 e. The van der Waals surface area contributed by atoms with Gasteiger partial charge in [0.15, 0.2) is 0 Å². The van der Waals surface area contributed by atoms with Crippen molar-refractivity contribution in [2.75, 3.05) is 13.2 Å². The molecule has 2 rings (SSSR count). The second-order valence-corrected chi connectivity index (χ2v) is 5.24. The van der Waals surface area contributed by atoms with Crippen LogP contribution in [0.2, 0.25) is 5.02 Å². The van der Waals surface area contributed by atoms with Gasteiger partial charge >= 0.3 is 0 Å². The first-order chi connectivity index (χ1) is 10.7. The van der Waals surface area contributed by atoms with Gasteiger partial charge in [-0.3, -0.25) is 0 Å². The molecule has 0 heterocycles. The molecule has 2 aromatic rings. The van der Waals surface area contributed by atoms with Gasteiger partial charge in [0.05, 0.1) is 12.6 Å². The molecule has 114 valence electrons. The summed E-state index contributed by atoms with van der Waals surface area (Å²) in [4.78, 5) is 0. The molecule has 1 unspecified atom stereocenters. The summed E-state index contributed by atoms with van der Waals surface area (Å²) in [6, 6.07) is 15.0. The molecule has 2 N–H and O–H groups in total. The van der Waals surface area contributed by atoms with Crippen molar-refractivity contribution >= 4 is 11.6 Å². The Balaban J connectivity index is 1.93. The van der Waals surface area contributed by atoms with E-state index in [0.717, 1.165) is 16.9 Å². The molecule has 1 atom stereocenters. The van der Waals surface area contributed by atoms with Crippen LogP contribution in [0, 0.1) is 12.3 Å². The Bertz CT molecular complexity index is 617. The highest BCUT2D eigenvalue weighted by atomic mass is 35.5. The van der Waals surface area contributed by atoms with Crippen LogP contribution < -0.4 is 10.1 Å². The van der Waals surface area contributed by atoms with Crippen LogP contribution in [0.3, 0.4) is 0 Å². The maximum Gasteiger partial charge on any atom is 0.148 e. The fraction of sp³-hybridized carbons (Fsp3) is 0.222. The molecule has 0 fully saturated rings. The number of nitrogens with one attached hydrogen (secondary N) is 1. The molecule has 0 bridgehead atoms. The Morgan fingerprint density at radius 2 is 1.82 bits per heavy atom. The zero-order chi connectivity index (χ0) is 15.8. The standard InChI is InChI=1S/C18H18ClNO2/c1-2-11-22-17-9-3-14(4-10-17)12-20-18(13-21)15-5-7-16(19)8-6-15/h1,3-10,18,20-21H,11-13H2. The number of hydrogen-bond acceptors (Lipinski definition) is 3. The molecule has 2 aromatic carbocycles. The number of halogens is 1. The van der Waals surface area contributed by atoms with Gasteiger partial charge in [-0.25, -0.2) is 0 Å². The van der Waals surface area contributed by atoms with Crippen LogP contribution in [-0.4, -0.2) is 18.3 Å². The van der Waals surface area contributed by atoms with Crippen LogP contribution in [0.25, 0.3) is 0 Å². The second-order valence-electron chi connectivity index (χ2n) is 4.80. The monoisotopic (exact) mass is 315 g/mol. The molecule has 4 heteroatoms. The summed E-state index contributed by atoms with van der Waals surface area (Å²) in [5, 5.41) is 13.5. The predicted molar refractivity (Wildman–Crippen MR) is 88.9 cm³/mol. The normalized spacial score (nSPS) is 11.7. The van der Waals surface area contributed by atoms with Gasteiger partial charge in [-0.05, 0) is 35.4 Å². The van der Waals surface area contributed by atoms with Gasteiger partial charge in [0.2, 0.25) is 0 Å². The van der Waals surface area contributed by atoms with Gasteiger partial charge in [-0.1, -0.05) is 41.8 Å². The molecule has 0 saturated carbocycles. The summed E-state index contributed by atoms with van der Waals surface area (Å²) < 4.78 is 5.33. The first-order valence-electron chi connectivity index (χ1n) is 6.98. The average molecular weight is 316 g/mol. The van der Waals surface area contributed by atoms with Gasteiger partial charge in [0, 0.05) is 11.6 Å². The third-order valence-corrected chi connectivity index (χ3v) is 3.51. The van der Waals surface area contributed by atoms with Crippen LogP contribution in [0.1, 0.15) is 17.2 Å². The maximum absolute atomic E-state index is 9.53. The quantitative estimate of drug-likeness (QED) is 0.771. The van der Waals surface area contributed by atoms with E-state index in [0.29, 0.717) is 11.6 Å². The van der Waals surface area contributed by atoms with E-state index < -0.39 is 0 Å². The molecular weight excluding hydrogens is 298 g/mol. The Hall–Kier alpha value is -1.99. The van der Waals surface area contributed by atoms with Crippen molar-refractivity contribution in [1.29, 1.82) is 0 Å². The first-order valence-corrected chi connectivity index (χ1v) is 7.35. The van der Waals surface area contributed by atoms with Gasteiger partial charge in [0.1, 0.15) is 12.4 Å². The SMILES string of the molecule is C#CCOc1ccc(CNC(CO)c2ccc(Cl)cc2)cc1. The number of terminal acetylenes is 1. The van der Waals surface area contributed by atoms with Crippen LogP contribution in [0.15, 0.2) is 48.5 Å². The lowest BCUT2D eigenvalue weighted by atomic mass is 10.1. The number of rotatable bonds is 7. The summed E-state index contributed by atoms with van der Waals surface area (Å²) in [5.41, 5.74) is 2.10. The topological polar surface area (TPSA) is 41.5 Å². The molecule has 3 nitrogen and oxygen atoms in total. The van der Waals surface area contributed by atoms with Crippen molar-refractivity contribution in [2.24, 2.45) is 0 Å². The van der Waals surface area contributed by atoms with Crippen molar-refractivity contribution in [3.8, 4) is 18.1 Å². The van der Waals surface area contributed by atoms with Crippen LogP contribution in [0.5, 0.6) is 5.75 Å². The molecule has 0 aliphatic rings. The number of aliphatic hydroxyl groups excluding tert-OH is 1. The van der Waals surface area contributed by atoms with Gasteiger partial charge < -0.3 is 15.2 Å². The van der Waals surface area contributed by atoms with E-state index in [1.165, 1.54) is 0 Å². The molecule has 22 heavy (non-hydrogen) atoms. The van der Waals surface area contributed by atoms with E-state index in [4.69, 9.17) is 22.8 Å². The number of ether oxygens (including phenoxy) is 1. The van der Waals surface area contributed by atoms with Crippen LogP contribution in [0.4, 0.5) is 0 Å². The minimum absolute atomic E-state index is 0.0188. The lowest BCUT2D eigenvalue weighted by molar-refractivity contribution is 0.243. The third-order valence-electron chi connectivity index (χ3n) is 3.25. The zero-order valence-electron chi connectivity index (χ0n) is 12.1. The number of aliphatic hydroxyl groups is 1. The predicted octanol–water partition coefficient (Wildman–Crippen LogP) is 3.18. The lowest BCUT2D eigenvalue weighted by Crippen LogP contribution is -2.23. The van der Waals surface area contributed by atoms with Crippen LogP contribution in [-0.2, 0) is 6.54 Å². The average Bonchev–Trinajstić information content (AvgIpc) is 2.56. The van der Waals surface area contributed by atoms with E-state index in [-0.39, 0.29) is 19.3 Å². The molecule has 0 amide bonds. The van der Waals surface area contributed by atoms with E-state index in [1.54, 1.807) is 0 Å². The Labute approximate surface area is 135 Å². The summed E-state index contributed by atoms with van der Waals surface area (Å²) in [7, 11) is 0. The highest BCUT2D eigenvalue weighted by Gasteiger charge is 2.09. The van der Waals surface area contributed by atoms with E-state index in [1.807, 2.05) is 48.5 Å². The Morgan fingerprint density at radius 3 is 2.41 bits per heavy atom. The largest absolute Gasteiger partial charge is 0.481 e. The van der Waals surface area contributed by atoms with Gasteiger partial charge in [-0.15, -0.1) is 6.42 Å². The summed E-state index contributed by atoms with van der Waals surface area (Å²) in [6.45, 7) is 0.926. The molecule has 0 spiro atoms. The fourth-order valence-electron chi connectivity index (χ4n) is 2.05.